The number of pyridine rings is 1. The van der Waals surface area contributed by atoms with E-state index in [1.54, 1.807) is 0 Å². The van der Waals surface area contributed by atoms with E-state index in [1.165, 1.54) is 11.1 Å². The third kappa shape index (κ3) is 4.57. The van der Waals surface area contributed by atoms with Crippen LogP contribution >= 0.6 is 0 Å². The number of likely N-dealkylation sites (N-methyl/N-ethyl adjacent to an activating group) is 1. The lowest BCUT2D eigenvalue weighted by Crippen LogP contribution is -2.22. The van der Waals surface area contributed by atoms with Crippen molar-refractivity contribution < 1.29 is 0 Å². The van der Waals surface area contributed by atoms with Crippen LogP contribution in [0.3, 0.4) is 0 Å². The zero-order valence-corrected chi connectivity index (χ0v) is 15.6. The molecule has 0 aliphatic carbocycles. The lowest BCUT2D eigenvalue weighted by molar-refractivity contribution is 0.848. The molecule has 0 fully saturated rings. The van der Waals surface area contributed by atoms with Gasteiger partial charge in [0.15, 0.2) is 0 Å². The summed E-state index contributed by atoms with van der Waals surface area (Å²) in [5, 5.41) is 3.45. The fourth-order valence-corrected chi connectivity index (χ4v) is 2.86. The van der Waals surface area contributed by atoms with Gasteiger partial charge < -0.3 is 10.2 Å². The lowest BCUT2D eigenvalue weighted by atomic mass is 10.1. The number of hydrogen-bond donors (Lipinski definition) is 1. The molecule has 3 rings (SSSR count). The van der Waals surface area contributed by atoms with Gasteiger partial charge >= 0.3 is 0 Å². The Balaban J connectivity index is 1.74. The minimum atomic E-state index is 0.759. The molecule has 5 nitrogen and oxygen atoms in total. The smallest absolute Gasteiger partial charge is 0.136 e. The number of benzene rings is 1. The summed E-state index contributed by atoms with van der Waals surface area (Å²) in [5.41, 5.74) is 3.64. The Hall–Kier alpha value is -2.95. The van der Waals surface area contributed by atoms with Crippen LogP contribution in [-0.2, 0) is 12.8 Å². The van der Waals surface area contributed by atoms with E-state index in [1.807, 2.05) is 43.6 Å². The first-order valence-electron chi connectivity index (χ1n) is 8.96. The van der Waals surface area contributed by atoms with Crippen molar-refractivity contribution in [1.82, 2.24) is 15.0 Å². The number of anilines is 3. The average Bonchev–Trinajstić information content (AvgIpc) is 2.67. The number of hydrogen-bond acceptors (Lipinski definition) is 5. The second-order valence-corrected chi connectivity index (χ2v) is 6.32. The second kappa shape index (κ2) is 8.43. The van der Waals surface area contributed by atoms with Crippen molar-refractivity contribution in [3.05, 3.63) is 71.8 Å². The Morgan fingerprint density at radius 2 is 1.81 bits per heavy atom. The van der Waals surface area contributed by atoms with Crippen molar-refractivity contribution in [2.75, 3.05) is 23.8 Å². The molecular weight excluding hydrogens is 322 g/mol. The summed E-state index contributed by atoms with van der Waals surface area (Å²) >= 11 is 0. The monoisotopic (exact) mass is 347 g/mol. The summed E-state index contributed by atoms with van der Waals surface area (Å²) in [7, 11) is 2.06. The van der Waals surface area contributed by atoms with Crippen molar-refractivity contribution in [1.29, 1.82) is 0 Å². The molecule has 0 radical (unpaired) electrons. The molecule has 134 valence electrons. The molecule has 3 aromatic rings. The summed E-state index contributed by atoms with van der Waals surface area (Å²) in [6.45, 7) is 4.96. The first-order valence-corrected chi connectivity index (χ1v) is 8.96. The first-order chi connectivity index (χ1) is 12.7. The van der Waals surface area contributed by atoms with E-state index in [4.69, 9.17) is 0 Å². The number of rotatable bonds is 7. The normalized spacial score (nSPS) is 10.6. The quantitative estimate of drug-likeness (QED) is 0.695. The van der Waals surface area contributed by atoms with E-state index in [-0.39, 0.29) is 0 Å². The van der Waals surface area contributed by atoms with Gasteiger partial charge in [0.05, 0.1) is 0 Å². The molecule has 0 saturated carbocycles. The summed E-state index contributed by atoms with van der Waals surface area (Å²) in [6.07, 6.45) is 5.59. The molecule has 0 spiro atoms. The number of nitrogens with zero attached hydrogens (tertiary/aromatic N) is 4. The zero-order valence-electron chi connectivity index (χ0n) is 15.6. The molecule has 0 aliphatic rings. The SMILES string of the molecule is CCc1ccccc1Nc1cc(N(C)CCc2ccncc2)nc(C)n1. The molecule has 2 aromatic heterocycles. The molecule has 26 heavy (non-hydrogen) atoms. The van der Waals surface area contributed by atoms with Crippen molar-refractivity contribution >= 4 is 17.3 Å². The van der Waals surface area contributed by atoms with Gasteiger partial charge in [0.2, 0.25) is 0 Å². The fraction of sp³-hybridized carbons (Fsp3) is 0.286. The number of aryl methyl sites for hydroxylation is 2. The third-order valence-electron chi connectivity index (χ3n) is 4.36. The first kappa shape index (κ1) is 17.9. The van der Waals surface area contributed by atoms with Gasteiger partial charge in [-0.05, 0) is 49.1 Å². The molecule has 1 aromatic carbocycles. The van der Waals surface area contributed by atoms with Gasteiger partial charge in [0, 0.05) is 37.7 Å². The molecule has 1 N–H and O–H groups in total. The maximum Gasteiger partial charge on any atom is 0.136 e. The average molecular weight is 347 g/mol. The zero-order chi connectivity index (χ0) is 18.4. The Labute approximate surface area is 155 Å². The van der Waals surface area contributed by atoms with Crippen LogP contribution in [0.4, 0.5) is 17.3 Å². The highest BCUT2D eigenvalue weighted by Gasteiger charge is 2.08. The van der Waals surface area contributed by atoms with Crippen LogP contribution in [0.15, 0.2) is 54.9 Å². The number of aromatic nitrogens is 3. The van der Waals surface area contributed by atoms with Crippen molar-refractivity contribution in [2.24, 2.45) is 0 Å². The predicted octanol–water partition coefficient (Wildman–Crippen LogP) is 4.16. The molecule has 5 heteroatoms. The van der Waals surface area contributed by atoms with E-state index in [0.717, 1.165) is 42.5 Å². The van der Waals surface area contributed by atoms with E-state index in [0.29, 0.717) is 0 Å². The Morgan fingerprint density at radius 3 is 2.58 bits per heavy atom. The number of nitrogens with one attached hydrogen (secondary N) is 1. The fourth-order valence-electron chi connectivity index (χ4n) is 2.86. The summed E-state index contributed by atoms with van der Waals surface area (Å²) in [6, 6.07) is 14.4. The van der Waals surface area contributed by atoms with Crippen LogP contribution < -0.4 is 10.2 Å². The topological polar surface area (TPSA) is 53.9 Å². The van der Waals surface area contributed by atoms with Crippen LogP contribution in [0.25, 0.3) is 0 Å². The van der Waals surface area contributed by atoms with Gasteiger partial charge in [-0.3, -0.25) is 4.98 Å². The maximum atomic E-state index is 4.59. The molecule has 0 amide bonds. The maximum absolute atomic E-state index is 4.59. The Kier molecular flexibility index (Phi) is 5.79. The van der Waals surface area contributed by atoms with Crippen LogP contribution in [-0.4, -0.2) is 28.5 Å². The molecule has 0 aliphatic heterocycles. The summed E-state index contributed by atoms with van der Waals surface area (Å²) in [5.74, 6) is 2.50. The minimum absolute atomic E-state index is 0.759. The van der Waals surface area contributed by atoms with Gasteiger partial charge in [-0.15, -0.1) is 0 Å². The minimum Gasteiger partial charge on any atom is -0.359 e. The van der Waals surface area contributed by atoms with Gasteiger partial charge in [0.1, 0.15) is 17.5 Å². The molecule has 0 bridgehead atoms. The van der Waals surface area contributed by atoms with E-state index >= 15 is 0 Å². The van der Waals surface area contributed by atoms with E-state index < -0.39 is 0 Å². The van der Waals surface area contributed by atoms with Crippen LogP contribution in [0, 0.1) is 6.92 Å². The van der Waals surface area contributed by atoms with E-state index in [2.05, 4.69) is 57.3 Å². The summed E-state index contributed by atoms with van der Waals surface area (Å²) < 4.78 is 0. The van der Waals surface area contributed by atoms with Gasteiger partial charge in [-0.25, -0.2) is 9.97 Å². The Bertz CT molecular complexity index is 848. The number of para-hydroxylation sites is 1. The molecular formula is C21H25N5. The molecule has 0 atom stereocenters. The highest BCUT2D eigenvalue weighted by atomic mass is 15.2. The molecule has 0 unspecified atom stereocenters. The molecule has 2 heterocycles. The molecule has 0 saturated heterocycles. The van der Waals surface area contributed by atoms with Gasteiger partial charge in [-0.1, -0.05) is 25.1 Å². The second-order valence-electron chi connectivity index (χ2n) is 6.32. The van der Waals surface area contributed by atoms with Crippen molar-refractivity contribution in [3.8, 4) is 0 Å². The van der Waals surface area contributed by atoms with Crippen molar-refractivity contribution in [3.63, 3.8) is 0 Å². The van der Waals surface area contributed by atoms with Crippen LogP contribution in [0.5, 0.6) is 0 Å². The predicted molar refractivity (Wildman–Crippen MR) is 107 cm³/mol. The van der Waals surface area contributed by atoms with Crippen LogP contribution in [0.1, 0.15) is 23.9 Å². The Morgan fingerprint density at radius 1 is 1.04 bits per heavy atom. The highest BCUT2D eigenvalue weighted by molar-refractivity contribution is 5.63. The summed E-state index contributed by atoms with van der Waals surface area (Å²) in [4.78, 5) is 15.4. The largest absolute Gasteiger partial charge is 0.359 e. The third-order valence-corrected chi connectivity index (χ3v) is 4.36. The highest BCUT2D eigenvalue weighted by Crippen LogP contribution is 2.22. The van der Waals surface area contributed by atoms with Crippen LogP contribution in [0.2, 0.25) is 0 Å². The van der Waals surface area contributed by atoms with Gasteiger partial charge in [-0.2, -0.15) is 0 Å². The standard InChI is InChI=1S/C21H25N5/c1-4-18-7-5-6-8-19(18)25-20-15-21(24-16(2)23-20)26(3)14-11-17-9-12-22-13-10-17/h5-10,12-13,15H,4,11,14H2,1-3H3,(H,23,24,25). The van der Waals surface area contributed by atoms with E-state index in [9.17, 15) is 0 Å². The lowest BCUT2D eigenvalue weighted by Gasteiger charge is -2.20. The van der Waals surface area contributed by atoms with Crippen molar-refractivity contribution in [2.45, 2.75) is 26.7 Å². The van der Waals surface area contributed by atoms with Gasteiger partial charge in [0.25, 0.3) is 0 Å².